The minimum absolute atomic E-state index is 0.149. The number of likely N-dealkylation sites (tertiary alicyclic amines) is 1. The minimum Gasteiger partial charge on any atom is -0.390 e. The van der Waals surface area contributed by atoms with Crippen LogP contribution in [0.1, 0.15) is 28.8 Å². The van der Waals surface area contributed by atoms with Gasteiger partial charge in [-0.05, 0) is 48.4 Å². The van der Waals surface area contributed by atoms with Crippen molar-refractivity contribution in [2.75, 3.05) is 30.5 Å². The van der Waals surface area contributed by atoms with Crippen LogP contribution in [-0.2, 0) is 6.42 Å². The molecule has 0 spiro atoms. The van der Waals surface area contributed by atoms with E-state index in [4.69, 9.17) is 0 Å². The van der Waals surface area contributed by atoms with E-state index >= 15 is 0 Å². The van der Waals surface area contributed by atoms with E-state index < -0.39 is 5.60 Å². The second-order valence-electron chi connectivity index (χ2n) is 8.57. The molecule has 5 rings (SSSR count). The number of hydrogen-bond acceptors (Lipinski definition) is 6. The Balaban J connectivity index is 1.18. The van der Waals surface area contributed by atoms with Gasteiger partial charge in [-0.25, -0.2) is 0 Å². The third-order valence-corrected chi connectivity index (χ3v) is 6.42. The van der Waals surface area contributed by atoms with Crippen LogP contribution in [0.15, 0.2) is 48.5 Å². The van der Waals surface area contributed by atoms with Crippen LogP contribution >= 0.6 is 0 Å². The van der Waals surface area contributed by atoms with Gasteiger partial charge in [0.2, 0.25) is 0 Å². The number of hydrazine groups is 2. The molecule has 2 heterocycles. The highest BCUT2D eigenvalue weighted by Gasteiger charge is 2.48. The van der Waals surface area contributed by atoms with E-state index in [0.29, 0.717) is 18.4 Å². The molecule has 3 aliphatic rings. The number of rotatable bonds is 5. The molecule has 0 aromatic heterocycles. The number of anilines is 2. The van der Waals surface area contributed by atoms with Crippen molar-refractivity contribution in [2.24, 2.45) is 11.8 Å². The van der Waals surface area contributed by atoms with Gasteiger partial charge in [-0.1, -0.05) is 30.3 Å². The Kier molecular flexibility index (Phi) is 4.34. The SMILES string of the molecule is O=C(CN1CC2CC(O)(Cc3ccccc3)CC2C1)c1ccc2c(c1)NNN2. The van der Waals surface area contributed by atoms with Gasteiger partial charge in [0, 0.05) is 25.1 Å². The summed E-state index contributed by atoms with van der Waals surface area (Å²) in [5.74, 6) is 1.12. The predicted molar refractivity (Wildman–Crippen MR) is 109 cm³/mol. The maximum absolute atomic E-state index is 12.7. The standard InChI is InChI=1S/C22H26N4O2/c27-21(16-6-7-19-20(8-16)24-25-23-19)14-26-12-17-10-22(28,11-18(17)13-26)9-15-4-2-1-3-5-15/h1-8,17-18,23-25,28H,9-14H2. The topological polar surface area (TPSA) is 76.6 Å². The summed E-state index contributed by atoms with van der Waals surface area (Å²) in [7, 11) is 0. The van der Waals surface area contributed by atoms with Crippen molar-refractivity contribution in [2.45, 2.75) is 24.9 Å². The molecule has 6 nitrogen and oxygen atoms in total. The molecule has 1 saturated carbocycles. The van der Waals surface area contributed by atoms with Crippen LogP contribution in [0.5, 0.6) is 0 Å². The van der Waals surface area contributed by atoms with E-state index in [1.807, 2.05) is 36.4 Å². The zero-order valence-corrected chi connectivity index (χ0v) is 15.8. The Bertz CT molecular complexity index is 871. The smallest absolute Gasteiger partial charge is 0.176 e. The third-order valence-electron chi connectivity index (χ3n) is 6.42. The highest BCUT2D eigenvalue weighted by atomic mass is 16.3. The van der Waals surface area contributed by atoms with Crippen LogP contribution in [0.2, 0.25) is 0 Å². The van der Waals surface area contributed by atoms with Crippen molar-refractivity contribution >= 4 is 17.2 Å². The van der Waals surface area contributed by atoms with Gasteiger partial charge in [0.05, 0.1) is 23.5 Å². The summed E-state index contributed by atoms with van der Waals surface area (Å²) in [5.41, 5.74) is 12.0. The van der Waals surface area contributed by atoms with Gasteiger partial charge in [-0.15, -0.1) is 5.53 Å². The summed E-state index contributed by atoms with van der Waals surface area (Å²) in [6.07, 6.45) is 2.39. The molecule has 28 heavy (non-hydrogen) atoms. The first-order valence-electron chi connectivity index (χ1n) is 10.0. The molecule has 1 saturated heterocycles. The second-order valence-corrected chi connectivity index (χ2v) is 8.57. The molecule has 0 radical (unpaired) electrons. The number of benzene rings is 2. The highest BCUT2D eigenvalue weighted by molar-refractivity contribution is 5.99. The molecule has 2 unspecified atom stereocenters. The van der Waals surface area contributed by atoms with Gasteiger partial charge < -0.3 is 16.0 Å². The van der Waals surface area contributed by atoms with E-state index in [2.05, 4.69) is 33.4 Å². The number of nitrogens with one attached hydrogen (secondary N) is 3. The molecule has 1 aliphatic carbocycles. The zero-order chi connectivity index (χ0) is 19.1. The molecule has 0 bridgehead atoms. The highest BCUT2D eigenvalue weighted by Crippen LogP contribution is 2.45. The lowest BCUT2D eigenvalue weighted by molar-refractivity contribution is 0.0355. The van der Waals surface area contributed by atoms with Gasteiger partial charge in [0.15, 0.2) is 5.78 Å². The van der Waals surface area contributed by atoms with Crippen molar-refractivity contribution in [3.63, 3.8) is 0 Å². The fraction of sp³-hybridized carbons (Fsp3) is 0.409. The summed E-state index contributed by atoms with van der Waals surface area (Å²) in [6, 6.07) is 15.9. The van der Waals surface area contributed by atoms with E-state index in [1.165, 1.54) is 5.56 Å². The maximum Gasteiger partial charge on any atom is 0.176 e. The normalized spacial score (nSPS) is 28.5. The largest absolute Gasteiger partial charge is 0.390 e. The number of Topliss-reactive ketones (excluding diaryl/α,β-unsaturated/α-hetero) is 1. The van der Waals surface area contributed by atoms with Gasteiger partial charge in [-0.2, -0.15) is 0 Å². The summed E-state index contributed by atoms with van der Waals surface area (Å²) in [6.45, 7) is 2.25. The summed E-state index contributed by atoms with van der Waals surface area (Å²) < 4.78 is 0. The van der Waals surface area contributed by atoms with Crippen LogP contribution in [0.3, 0.4) is 0 Å². The molecular formula is C22H26N4O2. The Hall–Kier alpha value is -2.41. The number of nitrogens with zero attached hydrogens (tertiary/aromatic N) is 1. The molecule has 2 atom stereocenters. The van der Waals surface area contributed by atoms with Gasteiger partial charge >= 0.3 is 0 Å². The molecule has 2 aromatic carbocycles. The minimum atomic E-state index is -0.599. The fourth-order valence-electron chi connectivity index (χ4n) is 5.20. The van der Waals surface area contributed by atoms with E-state index in [-0.39, 0.29) is 5.78 Å². The molecular weight excluding hydrogens is 352 g/mol. The Labute approximate surface area is 164 Å². The van der Waals surface area contributed by atoms with E-state index in [1.54, 1.807) is 0 Å². The lowest BCUT2D eigenvalue weighted by Crippen LogP contribution is -2.34. The Morgan fingerprint density at radius 1 is 1.04 bits per heavy atom. The summed E-state index contributed by atoms with van der Waals surface area (Å²) in [4.78, 5) is 15.0. The molecule has 2 aliphatic heterocycles. The van der Waals surface area contributed by atoms with Crippen LogP contribution in [0.4, 0.5) is 11.4 Å². The summed E-state index contributed by atoms with van der Waals surface area (Å²) in [5, 5.41) is 11.1. The number of fused-ring (bicyclic) bond motifs is 2. The van der Waals surface area contributed by atoms with Crippen LogP contribution in [-0.4, -0.2) is 41.0 Å². The first kappa shape index (κ1) is 17.7. The molecule has 4 N–H and O–H groups in total. The average molecular weight is 378 g/mol. The third kappa shape index (κ3) is 3.39. The number of carbonyl (C=O) groups is 1. The number of carbonyl (C=O) groups excluding carboxylic acids is 1. The van der Waals surface area contributed by atoms with Crippen molar-refractivity contribution < 1.29 is 9.90 Å². The number of ketones is 1. The van der Waals surface area contributed by atoms with Crippen molar-refractivity contribution in [3.05, 3.63) is 59.7 Å². The lowest BCUT2D eigenvalue weighted by Gasteiger charge is -2.26. The van der Waals surface area contributed by atoms with Crippen molar-refractivity contribution in [1.82, 2.24) is 10.4 Å². The number of hydrogen-bond donors (Lipinski definition) is 4. The van der Waals surface area contributed by atoms with Gasteiger partial charge in [0.1, 0.15) is 0 Å². The Morgan fingerprint density at radius 3 is 2.50 bits per heavy atom. The molecule has 146 valence electrons. The predicted octanol–water partition coefficient (Wildman–Crippen LogP) is 2.44. The van der Waals surface area contributed by atoms with Gasteiger partial charge in [0.25, 0.3) is 0 Å². The maximum atomic E-state index is 12.7. The van der Waals surface area contributed by atoms with E-state index in [9.17, 15) is 9.90 Å². The molecule has 2 aromatic rings. The lowest BCUT2D eigenvalue weighted by atomic mass is 9.91. The van der Waals surface area contributed by atoms with Gasteiger partial charge in [-0.3, -0.25) is 9.69 Å². The molecule has 2 fully saturated rings. The first-order chi connectivity index (χ1) is 13.6. The van der Waals surface area contributed by atoms with E-state index in [0.717, 1.165) is 49.3 Å². The molecule has 6 heteroatoms. The fourth-order valence-corrected chi connectivity index (χ4v) is 5.20. The quantitative estimate of drug-likeness (QED) is 0.599. The zero-order valence-electron chi connectivity index (χ0n) is 15.8. The Morgan fingerprint density at radius 2 is 1.75 bits per heavy atom. The average Bonchev–Trinajstić information content (AvgIpc) is 3.35. The van der Waals surface area contributed by atoms with Crippen molar-refractivity contribution in [3.8, 4) is 0 Å². The van der Waals surface area contributed by atoms with Crippen LogP contribution in [0, 0.1) is 11.8 Å². The first-order valence-corrected chi connectivity index (χ1v) is 10.0. The van der Waals surface area contributed by atoms with Crippen molar-refractivity contribution in [1.29, 1.82) is 0 Å². The monoisotopic (exact) mass is 378 g/mol. The van der Waals surface area contributed by atoms with Crippen LogP contribution in [0.25, 0.3) is 0 Å². The summed E-state index contributed by atoms with van der Waals surface area (Å²) >= 11 is 0. The molecule has 0 amide bonds. The van der Waals surface area contributed by atoms with Crippen LogP contribution < -0.4 is 16.4 Å². The second kappa shape index (κ2) is 6.88. The number of aliphatic hydroxyl groups is 1.